The van der Waals surface area contributed by atoms with Crippen LogP contribution in [0.1, 0.15) is 25.3 Å². The molecule has 1 fully saturated rings. The fraction of sp³-hybridized carbons (Fsp3) is 0.571. The van der Waals surface area contributed by atoms with E-state index < -0.39 is 0 Å². The molecule has 0 aromatic heterocycles. The zero-order chi connectivity index (χ0) is 12.8. The van der Waals surface area contributed by atoms with Crippen molar-refractivity contribution < 1.29 is 9.47 Å². The minimum absolute atomic E-state index is 0.269. The molecular formula is C14H20BrNO2. The third-order valence-electron chi connectivity index (χ3n) is 3.04. The van der Waals surface area contributed by atoms with Crippen LogP contribution in [0.25, 0.3) is 0 Å². The van der Waals surface area contributed by atoms with Gasteiger partial charge in [0.2, 0.25) is 0 Å². The molecule has 0 bridgehead atoms. The lowest BCUT2D eigenvalue weighted by atomic mass is 10.2. The van der Waals surface area contributed by atoms with Gasteiger partial charge in [-0.3, -0.25) is 0 Å². The standard InChI is InChI=1S/C14H20BrNO2/c1-2-16-9-11-8-12(5-6-14(11)15)18-10-13-4-3-7-17-13/h5-6,8,13,16H,2-4,7,9-10H2,1H3. The topological polar surface area (TPSA) is 30.5 Å². The molecule has 1 atom stereocenters. The molecule has 0 amide bonds. The van der Waals surface area contributed by atoms with E-state index in [0.29, 0.717) is 6.61 Å². The van der Waals surface area contributed by atoms with Gasteiger partial charge >= 0.3 is 0 Å². The van der Waals surface area contributed by atoms with Gasteiger partial charge in [-0.05, 0) is 43.1 Å². The van der Waals surface area contributed by atoms with Crippen LogP contribution in [0.5, 0.6) is 5.75 Å². The molecule has 1 aliphatic heterocycles. The summed E-state index contributed by atoms with van der Waals surface area (Å²) >= 11 is 3.56. The van der Waals surface area contributed by atoms with Gasteiger partial charge in [-0.2, -0.15) is 0 Å². The molecule has 1 unspecified atom stereocenters. The molecule has 1 heterocycles. The molecule has 1 aromatic carbocycles. The number of rotatable bonds is 6. The second kappa shape index (κ2) is 7.12. The Morgan fingerprint density at radius 2 is 2.39 bits per heavy atom. The number of hydrogen-bond acceptors (Lipinski definition) is 3. The van der Waals surface area contributed by atoms with Crippen LogP contribution in [-0.4, -0.2) is 25.9 Å². The predicted molar refractivity (Wildman–Crippen MR) is 76.0 cm³/mol. The summed E-state index contributed by atoms with van der Waals surface area (Å²) in [5, 5.41) is 3.32. The molecule has 0 aliphatic carbocycles. The van der Waals surface area contributed by atoms with Crippen LogP contribution in [-0.2, 0) is 11.3 Å². The van der Waals surface area contributed by atoms with Crippen molar-refractivity contribution in [2.24, 2.45) is 0 Å². The SMILES string of the molecule is CCNCc1cc(OCC2CCCO2)ccc1Br. The van der Waals surface area contributed by atoms with Gasteiger partial charge in [0.05, 0.1) is 6.10 Å². The largest absolute Gasteiger partial charge is 0.491 e. The summed E-state index contributed by atoms with van der Waals surface area (Å²) in [7, 11) is 0. The molecule has 1 N–H and O–H groups in total. The third kappa shape index (κ3) is 3.97. The first-order chi connectivity index (χ1) is 8.79. The van der Waals surface area contributed by atoms with Crippen LogP contribution in [0.4, 0.5) is 0 Å². The molecule has 0 spiro atoms. The summed E-state index contributed by atoms with van der Waals surface area (Å²) in [6.45, 7) is 5.45. The summed E-state index contributed by atoms with van der Waals surface area (Å²) in [6, 6.07) is 6.12. The van der Waals surface area contributed by atoms with Crippen LogP contribution in [0.2, 0.25) is 0 Å². The molecule has 2 rings (SSSR count). The first-order valence-electron chi connectivity index (χ1n) is 6.53. The molecule has 100 valence electrons. The Morgan fingerprint density at radius 3 is 3.11 bits per heavy atom. The van der Waals surface area contributed by atoms with E-state index in [2.05, 4.69) is 34.2 Å². The fourth-order valence-corrected chi connectivity index (χ4v) is 2.39. The van der Waals surface area contributed by atoms with E-state index in [1.54, 1.807) is 0 Å². The van der Waals surface area contributed by atoms with Gasteiger partial charge in [0.1, 0.15) is 12.4 Å². The lowest BCUT2D eigenvalue weighted by Crippen LogP contribution is -2.16. The summed E-state index contributed by atoms with van der Waals surface area (Å²) in [5.74, 6) is 0.918. The first kappa shape index (κ1) is 13.8. The fourth-order valence-electron chi connectivity index (χ4n) is 2.00. The van der Waals surface area contributed by atoms with Gasteiger partial charge in [0.25, 0.3) is 0 Å². The van der Waals surface area contributed by atoms with E-state index in [9.17, 15) is 0 Å². The van der Waals surface area contributed by atoms with Gasteiger partial charge in [0.15, 0.2) is 0 Å². The molecule has 1 aromatic rings. The van der Waals surface area contributed by atoms with Gasteiger partial charge in [0, 0.05) is 17.6 Å². The Kier molecular flexibility index (Phi) is 5.47. The van der Waals surface area contributed by atoms with Crippen molar-refractivity contribution in [3.8, 4) is 5.75 Å². The number of nitrogens with one attached hydrogen (secondary N) is 1. The van der Waals surface area contributed by atoms with Crippen LogP contribution in [0.3, 0.4) is 0 Å². The average Bonchev–Trinajstić information content (AvgIpc) is 2.89. The Hall–Kier alpha value is -0.580. The van der Waals surface area contributed by atoms with Crippen molar-refractivity contribution in [2.75, 3.05) is 19.8 Å². The highest BCUT2D eigenvalue weighted by atomic mass is 79.9. The lowest BCUT2D eigenvalue weighted by Gasteiger charge is -2.13. The summed E-state index contributed by atoms with van der Waals surface area (Å²) in [4.78, 5) is 0. The molecular weight excluding hydrogens is 294 g/mol. The van der Waals surface area contributed by atoms with E-state index in [-0.39, 0.29) is 6.10 Å². The van der Waals surface area contributed by atoms with Crippen LogP contribution in [0, 0.1) is 0 Å². The van der Waals surface area contributed by atoms with Crippen LogP contribution < -0.4 is 10.1 Å². The average molecular weight is 314 g/mol. The van der Waals surface area contributed by atoms with Gasteiger partial charge in [-0.15, -0.1) is 0 Å². The molecule has 3 nitrogen and oxygen atoms in total. The Bertz CT molecular complexity index is 378. The molecule has 0 saturated carbocycles. The molecule has 0 radical (unpaired) electrons. The smallest absolute Gasteiger partial charge is 0.119 e. The second-order valence-electron chi connectivity index (χ2n) is 4.48. The highest BCUT2D eigenvalue weighted by Crippen LogP contribution is 2.23. The summed E-state index contributed by atoms with van der Waals surface area (Å²) < 4.78 is 12.5. The highest BCUT2D eigenvalue weighted by Gasteiger charge is 2.16. The predicted octanol–water partition coefficient (Wildman–Crippen LogP) is 3.12. The minimum atomic E-state index is 0.269. The Morgan fingerprint density at radius 1 is 1.50 bits per heavy atom. The second-order valence-corrected chi connectivity index (χ2v) is 5.33. The zero-order valence-electron chi connectivity index (χ0n) is 10.7. The van der Waals surface area contributed by atoms with Gasteiger partial charge in [-0.25, -0.2) is 0 Å². The maximum atomic E-state index is 5.79. The van der Waals surface area contributed by atoms with Crippen molar-refractivity contribution in [2.45, 2.75) is 32.4 Å². The molecule has 4 heteroatoms. The van der Waals surface area contributed by atoms with E-state index in [1.165, 1.54) is 5.56 Å². The van der Waals surface area contributed by atoms with Crippen molar-refractivity contribution in [3.63, 3.8) is 0 Å². The maximum Gasteiger partial charge on any atom is 0.119 e. The highest BCUT2D eigenvalue weighted by molar-refractivity contribution is 9.10. The van der Waals surface area contributed by atoms with E-state index in [0.717, 1.165) is 42.8 Å². The molecule has 18 heavy (non-hydrogen) atoms. The number of halogens is 1. The van der Waals surface area contributed by atoms with E-state index in [4.69, 9.17) is 9.47 Å². The van der Waals surface area contributed by atoms with Crippen molar-refractivity contribution in [1.29, 1.82) is 0 Å². The molecule has 1 aliphatic rings. The number of benzene rings is 1. The zero-order valence-corrected chi connectivity index (χ0v) is 12.3. The van der Waals surface area contributed by atoms with Crippen molar-refractivity contribution >= 4 is 15.9 Å². The third-order valence-corrected chi connectivity index (χ3v) is 3.82. The first-order valence-corrected chi connectivity index (χ1v) is 7.32. The number of ether oxygens (including phenoxy) is 2. The van der Waals surface area contributed by atoms with E-state index >= 15 is 0 Å². The quantitative estimate of drug-likeness (QED) is 0.875. The van der Waals surface area contributed by atoms with Crippen molar-refractivity contribution in [3.05, 3.63) is 28.2 Å². The number of hydrogen-bond donors (Lipinski definition) is 1. The Balaban J connectivity index is 1.91. The van der Waals surface area contributed by atoms with Gasteiger partial charge < -0.3 is 14.8 Å². The monoisotopic (exact) mass is 313 g/mol. The summed E-state index contributed by atoms with van der Waals surface area (Å²) in [5.41, 5.74) is 1.22. The van der Waals surface area contributed by atoms with Crippen molar-refractivity contribution in [1.82, 2.24) is 5.32 Å². The minimum Gasteiger partial charge on any atom is -0.491 e. The molecule has 1 saturated heterocycles. The van der Waals surface area contributed by atoms with Crippen LogP contribution in [0.15, 0.2) is 22.7 Å². The summed E-state index contributed by atoms with van der Waals surface area (Å²) in [6.07, 6.45) is 2.53. The lowest BCUT2D eigenvalue weighted by molar-refractivity contribution is 0.0679. The van der Waals surface area contributed by atoms with E-state index in [1.807, 2.05) is 12.1 Å². The van der Waals surface area contributed by atoms with Gasteiger partial charge in [-0.1, -0.05) is 22.9 Å². The van der Waals surface area contributed by atoms with Crippen LogP contribution >= 0.6 is 15.9 Å². The maximum absolute atomic E-state index is 5.79. The normalized spacial score (nSPS) is 19.1. The Labute approximate surface area is 117 Å².